The molecule has 1 fully saturated rings. The van der Waals surface area contributed by atoms with Crippen molar-refractivity contribution < 1.29 is 23.8 Å². The van der Waals surface area contributed by atoms with E-state index in [2.05, 4.69) is 9.97 Å². The van der Waals surface area contributed by atoms with Crippen molar-refractivity contribution in [3.63, 3.8) is 0 Å². The first-order chi connectivity index (χ1) is 19.9. The molecule has 2 aromatic carbocycles. The molecule has 4 aromatic rings. The molecule has 0 radical (unpaired) electrons. The van der Waals surface area contributed by atoms with Gasteiger partial charge >= 0.3 is 11.8 Å². The quantitative estimate of drug-likeness (QED) is 0.315. The molecule has 1 aliphatic heterocycles. The molecule has 3 heterocycles. The zero-order chi connectivity index (χ0) is 30.5. The molecule has 1 amide bonds. The third kappa shape index (κ3) is 4.91. The van der Waals surface area contributed by atoms with Crippen molar-refractivity contribution in [3.8, 4) is 22.7 Å². The molecule has 2 aromatic heterocycles. The SMILES string of the molecule is Cc1cc(CN)cc(C(C)C)c1-n1c(=O)nc(N2CCN(C(=O)O)C[C@@H]2C)c2cc(F)c(-c3c(O)cccc3F)nc21. The van der Waals surface area contributed by atoms with Crippen LogP contribution < -0.4 is 16.3 Å². The van der Waals surface area contributed by atoms with E-state index in [0.29, 0.717) is 11.3 Å². The highest BCUT2D eigenvalue weighted by Crippen LogP contribution is 2.37. The largest absolute Gasteiger partial charge is 0.507 e. The number of aryl methyl sites for hydroxylation is 1. The molecule has 0 aliphatic carbocycles. The number of piperazine rings is 1. The van der Waals surface area contributed by atoms with Crippen LogP contribution in [0, 0.1) is 18.6 Å². The molecular formula is C30H32F2N6O4. The van der Waals surface area contributed by atoms with Crippen molar-refractivity contribution in [2.24, 2.45) is 5.73 Å². The van der Waals surface area contributed by atoms with Gasteiger partial charge in [-0.1, -0.05) is 32.0 Å². The minimum Gasteiger partial charge on any atom is -0.507 e. The van der Waals surface area contributed by atoms with Crippen molar-refractivity contribution in [1.82, 2.24) is 19.4 Å². The number of aromatic nitrogens is 3. The molecule has 10 nitrogen and oxygen atoms in total. The van der Waals surface area contributed by atoms with E-state index in [9.17, 15) is 24.2 Å². The van der Waals surface area contributed by atoms with Gasteiger partial charge in [0, 0.05) is 32.2 Å². The lowest BCUT2D eigenvalue weighted by molar-refractivity contribution is 0.136. The number of aromatic hydroxyl groups is 1. The fourth-order valence-corrected chi connectivity index (χ4v) is 5.64. The first-order valence-electron chi connectivity index (χ1n) is 13.6. The second-order valence-electron chi connectivity index (χ2n) is 10.9. The van der Waals surface area contributed by atoms with Crippen LogP contribution in [-0.4, -0.2) is 61.4 Å². The molecule has 0 unspecified atom stereocenters. The molecule has 0 saturated carbocycles. The summed E-state index contributed by atoms with van der Waals surface area (Å²) in [6.45, 7) is 8.34. The number of pyridine rings is 1. The van der Waals surface area contributed by atoms with Gasteiger partial charge < -0.3 is 25.7 Å². The number of fused-ring (bicyclic) bond motifs is 1. The predicted molar refractivity (Wildman–Crippen MR) is 155 cm³/mol. The summed E-state index contributed by atoms with van der Waals surface area (Å²) in [6, 6.07) is 8.10. The van der Waals surface area contributed by atoms with Crippen LogP contribution in [0.15, 0.2) is 41.2 Å². The van der Waals surface area contributed by atoms with Gasteiger partial charge in [0.1, 0.15) is 23.1 Å². The Morgan fingerprint density at radius 1 is 1.14 bits per heavy atom. The first-order valence-corrected chi connectivity index (χ1v) is 13.6. The van der Waals surface area contributed by atoms with Gasteiger partial charge in [-0.05, 0) is 54.7 Å². The minimum atomic E-state index is -1.06. The van der Waals surface area contributed by atoms with Gasteiger partial charge in [0.25, 0.3) is 0 Å². The van der Waals surface area contributed by atoms with Gasteiger partial charge in [0.15, 0.2) is 11.5 Å². The summed E-state index contributed by atoms with van der Waals surface area (Å²) in [7, 11) is 0. The maximum atomic E-state index is 15.8. The standard InChI is InChI=1S/C30H32F2N6O4/c1-15(2)19-11-18(13-33)10-16(3)26(19)38-28-20(12-22(32)25(34-28)24-21(31)6-5-7-23(24)39)27(35-29(38)40)37-9-8-36(30(41)42)14-17(37)4/h5-7,10-12,15,17,39H,8-9,13-14,33H2,1-4H3,(H,41,42)/t17-/m0/s1. The maximum Gasteiger partial charge on any atom is 0.407 e. The number of rotatable bonds is 5. The van der Waals surface area contributed by atoms with Gasteiger partial charge in [-0.15, -0.1) is 0 Å². The van der Waals surface area contributed by atoms with Crippen LogP contribution in [0.1, 0.15) is 43.4 Å². The summed E-state index contributed by atoms with van der Waals surface area (Å²) in [5.41, 5.74) is 7.22. The highest BCUT2D eigenvalue weighted by molar-refractivity contribution is 5.91. The topological polar surface area (TPSA) is 138 Å². The van der Waals surface area contributed by atoms with E-state index in [1.165, 1.54) is 21.6 Å². The number of benzene rings is 2. The lowest BCUT2D eigenvalue weighted by Gasteiger charge is -2.39. The molecule has 4 N–H and O–H groups in total. The second kappa shape index (κ2) is 11.0. The summed E-state index contributed by atoms with van der Waals surface area (Å²) < 4.78 is 32.1. The van der Waals surface area contributed by atoms with Crippen LogP contribution in [0.3, 0.4) is 0 Å². The van der Waals surface area contributed by atoms with E-state index in [-0.39, 0.29) is 48.9 Å². The molecule has 0 bridgehead atoms. The van der Waals surface area contributed by atoms with Gasteiger partial charge in [-0.25, -0.2) is 27.9 Å². The van der Waals surface area contributed by atoms with E-state index in [0.717, 1.165) is 23.3 Å². The number of phenols is 1. The van der Waals surface area contributed by atoms with Crippen molar-refractivity contribution in [3.05, 3.63) is 75.2 Å². The minimum absolute atomic E-state index is 0.0161. The molecule has 1 saturated heterocycles. The van der Waals surface area contributed by atoms with E-state index >= 15 is 4.39 Å². The molecule has 1 atom stereocenters. The Hall–Kier alpha value is -4.58. The number of amides is 1. The van der Waals surface area contributed by atoms with E-state index < -0.39 is 46.5 Å². The third-order valence-electron chi connectivity index (χ3n) is 7.67. The van der Waals surface area contributed by atoms with Gasteiger partial charge in [0.2, 0.25) is 0 Å². The van der Waals surface area contributed by atoms with Crippen molar-refractivity contribution in [2.75, 3.05) is 24.5 Å². The second-order valence-corrected chi connectivity index (χ2v) is 10.9. The normalized spacial score (nSPS) is 15.6. The molecule has 5 rings (SSSR count). The number of nitrogens with zero attached hydrogens (tertiary/aromatic N) is 5. The summed E-state index contributed by atoms with van der Waals surface area (Å²) >= 11 is 0. The number of halogens is 2. The number of hydrogen-bond donors (Lipinski definition) is 3. The lowest BCUT2D eigenvalue weighted by atomic mass is 9.95. The third-order valence-corrected chi connectivity index (χ3v) is 7.67. The fraction of sp³-hybridized carbons (Fsp3) is 0.333. The number of anilines is 1. The highest BCUT2D eigenvalue weighted by Gasteiger charge is 2.31. The summed E-state index contributed by atoms with van der Waals surface area (Å²) in [4.78, 5) is 37.4. The van der Waals surface area contributed by atoms with Crippen LogP contribution in [0.25, 0.3) is 28.0 Å². The number of nitrogens with two attached hydrogens (primary N) is 1. The average molecular weight is 579 g/mol. The molecule has 220 valence electrons. The zero-order valence-corrected chi connectivity index (χ0v) is 23.7. The van der Waals surface area contributed by atoms with Crippen LogP contribution in [-0.2, 0) is 6.54 Å². The van der Waals surface area contributed by atoms with Crippen LogP contribution in [0.4, 0.5) is 19.4 Å². The van der Waals surface area contributed by atoms with Crippen LogP contribution in [0.5, 0.6) is 5.75 Å². The summed E-state index contributed by atoms with van der Waals surface area (Å²) in [5.74, 6) is -2.22. The molecule has 0 spiro atoms. The molecule has 42 heavy (non-hydrogen) atoms. The van der Waals surface area contributed by atoms with Crippen molar-refractivity contribution >= 4 is 22.9 Å². The average Bonchev–Trinajstić information content (AvgIpc) is 2.93. The predicted octanol–water partition coefficient (Wildman–Crippen LogP) is 4.51. The summed E-state index contributed by atoms with van der Waals surface area (Å²) in [6.07, 6.45) is -1.06. The molecule has 1 aliphatic rings. The number of carboxylic acid groups (broad SMARTS) is 1. The van der Waals surface area contributed by atoms with Gasteiger partial charge in [0.05, 0.1) is 16.6 Å². The van der Waals surface area contributed by atoms with E-state index in [1.54, 1.807) is 11.8 Å². The van der Waals surface area contributed by atoms with Gasteiger partial charge in [-0.2, -0.15) is 4.98 Å². The smallest absolute Gasteiger partial charge is 0.407 e. The Labute approximate surface area is 240 Å². The Balaban J connectivity index is 1.87. The maximum absolute atomic E-state index is 15.8. The molecular weight excluding hydrogens is 546 g/mol. The number of phenolic OH excluding ortho intramolecular Hbond substituents is 1. The number of carbonyl (C=O) groups is 1. The number of hydrogen-bond acceptors (Lipinski definition) is 7. The Morgan fingerprint density at radius 3 is 2.50 bits per heavy atom. The Kier molecular flexibility index (Phi) is 7.58. The monoisotopic (exact) mass is 578 g/mol. The van der Waals surface area contributed by atoms with Crippen LogP contribution in [0.2, 0.25) is 0 Å². The van der Waals surface area contributed by atoms with Gasteiger partial charge in [-0.3, -0.25) is 0 Å². The van der Waals surface area contributed by atoms with E-state index in [4.69, 9.17) is 5.73 Å². The van der Waals surface area contributed by atoms with Crippen molar-refractivity contribution in [1.29, 1.82) is 0 Å². The zero-order valence-electron chi connectivity index (χ0n) is 23.7. The highest BCUT2D eigenvalue weighted by atomic mass is 19.1. The summed E-state index contributed by atoms with van der Waals surface area (Å²) in [5, 5.41) is 20.1. The Morgan fingerprint density at radius 2 is 1.88 bits per heavy atom. The van der Waals surface area contributed by atoms with Crippen LogP contribution >= 0.6 is 0 Å². The Bertz CT molecular complexity index is 1750. The lowest BCUT2D eigenvalue weighted by Crippen LogP contribution is -2.54. The first kappa shape index (κ1) is 28.9. The van der Waals surface area contributed by atoms with E-state index in [1.807, 2.05) is 32.9 Å². The fourth-order valence-electron chi connectivity index (χ4n) is 5.64. The molecule has 12 heteroatoms. The van der Waals surface area contributed by atoms with Crippen molar-refractivity contribution in [2.45, 2.75) is 46.2 Å².